The van der Waals surface area contributed by atoms with Gasteiger partial charge in [0.2, 0.25) is 5.91 Å². The quantitative estimate of drug-likeness (QED) is 0.169. The third-order valence-corrected chi connectivity index (χ3v) is 9.18. The van der Waals surface area contributed by atoms with Crippen LogP contribution in [0.5, 0.6) is 0 Å². The van der Waals surface area contributed by atoms with Crippen molar-refractivity contribution in [2.75, 3.05) is 4.72 Å². The maximum absolute atomic E-state index is 13.4. The zero-order chi connectivity index (χ0) is 31.9. The normalized spacial score (nSPS) is 15.4. The van der Waals surface area contributed by atoms with Crippen LogP contribution in [0.1, 0.15) is 54.1 Å². The van der Waals surface area contributed by atoms with Crippen molar-refractivity contribution in [3.05, 3.63) is 72.3 Å². The summed E-state index contributed by atoms with van der Waals surface area (Å²) in [6, 6.07) is 9.81. The number of aromatic nitrogens is 3. The van der Waals surface area contributed by atoms with Crippen molar-refractivity contribution in [1.29, 1.82) is 0 Å². The molecule has 236 valence electrons. The number of alkyl halides is 3. The monoisotopic (exact) mass is 642 g/mol. The lowest BCUT2D eigenvalue weighted by molar-refractivity contribution is -0.119. The van der Waals surface area contributed by atoms with Crippen LogP contribution in [0.15, 0.2) is 65.6 Å². The number of hydrogen-bond acceptors (Lipinski definition) is 6. The Bertz CT molecular complexity index is 1990. The van der Waals surface area contributed by atoms with Crippen LogP contribution in [0.2, 0.25) is 0 Å². The molecule has 5 aromatic rings. The van der Waals surface area contributed by atoms with Crippen LogP contribution in [0, 0.1) is 0 Å². The Labute approximate surface area is 255 Å². The number of nitrogens with zero attached hydrogens (tertiary/aromatic N) is 2. The molecule has 0 radical (unpaired) electrons. The predicted molar refractivity (Wildman–Crippen MR) is 161 cm³/mol. The van der Waals surface area contributed by atoms with Crippen LogP contribution in [-0.2, 0) is 21.2 Å². The number of H-pyrrole nitrogens is 1. The third-order valence-electron chi connectivity index (χ3n) is 8.07. The van der Waals surface area contributed by atoms with E-state index in [1.54, 1.807) is 24.7 Å². The molecule has 1 atom stereocenters. The molecule has 1 saturated carbocycles. The summed E-state index contributed by atoms with van der Waals surface area (Å²) < 4.78 is 70.8. The van der Waals surface area contributed by atoms with Crippen molar-refractivity contribution in [1.82, 2.24) is 19.9 Å². The molecule has 11 nitrogen and oxygen atoms in total. The molecule has 5 N–H and O–H groups in total. The molecule has 6 rings (SSSR count). The van der Waals surface area contributed by atoms with Crippen LogP contribution in [0.3, 0.4) is 0 Å². The fraction of sp³-hybridized carbons (Fsp3) is 0.300. The number of fused-ring (bicyclic) bond motifs is 2. The molecular formula is C30H29F3N6O5S. The van der Waals surface area contributed by atoms with Gasteiger partial charge in [-0.05, 0) is 60.9 Å². The minimum Gasteiger partial charge on any atom is -0.472 e. The first kappa shape index (κ1) is 30.2. The van der Waals surface area contributed by atoms with Gasteiger partial charge in [0, 0.05) is 40.8 Å². The van der Waals surface area contributed by atoms with Crippen molar-refractivity contribution in [3.63, 3.8) is 0 Å². The van der Waals surface area contributed by atoms with E-state index in [4.69, 9.17) is 15.1 Å². The number of anilines is 1. The van der Waals surface area contributed by atoms with Gasteiger partial charge in [0.05, 0.1) is 22.9 Å². The van der Waals surface area contributed by atoms with Gasteiger partial charge in [-0.3, -0.25) is 14.3 Å². The Kier molecular flexibility index (Phi) is 7.81. The highest BCUT2D eigenvalue weighted by Crippen LogP contribution is 2.36. The summed E-state index contributed by atoms with van der Waals surface area (Å²) in [4.78, 5) is 33.5. The predicted octanol–water partition coefficient (Wildman–Crippen LogP) is 5.37. The number of hydrogen-bond donors (Lipinski definition) is 4. The van der Waals surface area contributed by atoms with E-state index in [9.17, 15) is 31.2 Å². The maximum atomic E-state index is 13.4. The van der Waals surface area contributed by atoms with Crippen molar-refractivity contribution >= 4 is 49.5 Å². The van der Waals surface area contributed by atoms with Crippen LogP contribution in [-0.4, -0.2) is 46.3 Å². The molecular weight excluding hydrogens is 613 g/mol. The van der Waals surface area contributed by atoms with Gasteiger partial charge in [-0.25, -0.2) is 4.98 Å². The number of furan rings is 1. The minimum atomic E-state index is -5.64. The lowest BCUT2D eigenvalue weighted by Gasteiger charge is -2.25. The molecule has 2 amide bonds. The zero-order valence-electron chi connectivity index (χ0n) is 23.7. The van der Waals surface area contributed by atoms with Crippen LogP contribution >= 0.6 is 0 Å². The van der Waals surface area contributed by atoms with E-state index in [0.29, 0.717) is 22.0 Å². The molecule has 45 heavy (non-hydrogen) atoms. The molecule has 3 aromatic heterocycles. The summed E-state index contributed by atoms with van der Waals surface area (Å²) in [5.74, 6) is -0.665. The first-order valence-electron chi connectivity index (χ1n) is 14.2. The third kappa shape index (κ3) is 5.99. The molecule has 3 heterocycles. The van der Waals surface area contributed by atoms with E-state index in [2.05, 4.69) is 14.9 Å². The Morgan fingerprint density at radius 3 is 2.58 bits per heavy atom. The summed E-state index contributed by atoms with van der Waals surface area (Å²) in [7, 11) is -5.64. The van der Waals surface area contributed by atoms with Crippen molar-refractivity contribution in [3.8, 4) is 11.4 Å². The molecule has 0 spiro atoms. The molecule has 15 heteroatoms. The molecule has 1 aliphatic carbocycles. The second-order valence-electron chi connectivity index (χ2n) is 11.1. The van der Waals surface area contributed by atoms with Gasteiger partial charge < -0.3 is 25.0 Å². The van der Waals surface area contributed by atoms with Crippen molar-refractivity contribution in [2.45, 2.75) is 56.1 Å². The van der Waals surface area contributed by atoms with E-state index in [1.807, 2.05) is 12.1 Å². The van der Waals surface area contributed by atoms with Gasteiger partial charge in [0.15, 0.2) is 0 Å². The average molecular weight is 643 g/mol. The second-order valence-corrected chi connectivity index (χ2v) is 12.7. The Hall–Kier alpha value is -4.79. The Morgan fingerprint density at radius 2 is 1.89 bits per heavy atom. The Balaban J connectivity index is 1.25. The van der Waals surface area contributed by atoms with Gasteiger partial charge in [0.25, 0.3) is 5.91 Å². The number of carbonyl (C=O) groups excluding carboxylic acids is 2. The largest absolute Gasteiger partial charge is 0.516 e. The fourth-order valence-electron chi connectivity index (χ4n) is 5.85. The summed E-state index contributed by atoms with van der Waals surface area (Å²) >= 11 is 0. The highest BCUT2D eigenvalue weighted by atomic mass is 32.2. The molecule has 0 saturated heterocycles. The molecule has 0 aliphatic heterocycles. The highest BCUT2D eigenvalue weighted by molar-refractivity contribution is 7.93. The first-order chi connectivity index (χ1) is 21.4. The number of benzene rings is 2. The number of nitrogens with two attached hydrogens (primary N) is 1. The first-order valence-corrected chi connectivity index (χ1v) is 15.7. The van der Waals surface area contributed by atoms with Gasteiger partial charge >= 0.3 is 15.5 Å². The lowest BCUT2D eigenvalue weighted by atomic mass is 9.95. The molecule has 1 unspecified atom stereocenters. The van der Waals surface area contributed by atoms with Crippen molar-refractivity contribution in [2.24, 2.45) is 5.73 Å². The summed E-state index contributed by atoms with van der Waals surface area (Å²) in [5, 5.41) is 2.99. The number of rotatable bonds is 9. The number of nitrogens with one attached hydrogen (secondary N) is 3. The summed E-state index contributed by atoms with van der Waals surface area (Å²) in [6.45, 7) is 0. The van der Waals surface area contributed by atoms with E-state index in [1.165, 1.54) is 35.5 Å². The fourth-order valence-corrected chi connectivity index (χ4v) is 6.41. The topological polar surface area (TPSA) is 165 Å². The number of amides is 2. The van der Waals surface area contributed by atoms with E-state index in [0.717, 1.165) is 42.6 Å². The van der Waals surface area contributed by atoms with Crippen LogP contribution < -0.4 is 15.8 Å². The lowest BCUT2D eigenvalue weighted by Crippen LogP contribution is -2.45. The van der Waals surface area contributed by atoms with E-state index < -0.39 is 33.4 Å². The van der Waals surface area contributed by atoms with Crippen molar-refractivity contribution < 1.29 is 35.6 Å². The number of imidazole rings is 1. The smallest absolute Gasteiger partial charge is 0.472 e. The van der Waals surface area contributed by atoms with Gasteiger partial charge in [-0.15, -0.1) is 0 Å². The number of sulfonamides is 1. The van der Waals surface area contributed by atoms with Crippen LogP contribution in [0.25, 0.3) is 33.3 Å². The van der Waals surface area contributed by atoms with E-state index >= 15 is 0 Å². The molecule has 1 aliphatic rings. The maximum Gasteiger partial charge on any atom is 0.516 e. The van der Waals surface area contributed by atoms with Gasteiger partial charge in [0.1, 0.15) is 18.1 Å². The summed E-state index contributed by atoms with van der Waals surface area (Å²) in [6.07, 6.45) is 10.1. The minimum absolute atomic E-state index is 0.111. The number of carbonyl (C=O) groups is 2. The molecule has 0 bridgehead atoms. The van der Waals surface area contributed by atoms with Gasteiger partial charge in [-0.1, -0.05) is 19.3 Å². The zero-order valence-corrected chi connectivity index (χ0v) is 24.5. The number of primary amides is 1. The van der Waals surface area contributed by atoms with Gasteiger partial charge in [-0.2, -0.15) is 21.6 Å². The average Bonchev–Trinajstić information content (AvgIpc) is 3.75. The summed E-state index contributed by atoms with van der Waals surface area (Å²) in [5.41, 5.74) is 3.26. The second kappa shape index (κ2) is 11.6. The molecule has 1 fully saturated rings. The number of aromatic amines is 1. The highest BCUT2D eigenvalue weighted by Gasteiger charge is 2.46. The standard InChI is InChI=1S/C30H29F3N6O5S/c31-30(32,33)45(42,43)38-20-7-8-23-22(14-20)19(15-35-23)13-25(27(34)40)37-29(41)17-6-9-26-24(12-17)36-28(18-10-11-44-16-18)39(26)21-4-2-1-3-5-21/h6-12,14-16,21,25,35,38H,1-5,13H2,(H2,34,40)(H,37,41). The van der Waals surface area contributed by atoms with E-state index in [-0.39, 0.29) is 23.7 Å². The molecule has 2 aromatic carbocycles. The SMILES string of the molecule is NC(=O)C(Cc1c[nH]c2ccc(NS(=O)(=O)C(F)(F)F)cc12)NC(=O)c1ccc2c(c1)nc(-c1ccoc1)n2C1CCCCC1. The van der Waals surface area contributed by atoms with Crippen LogP contribution in [0.4, 0.5) is 18.9 Å². The number of halogens is 3. The Morgan fingerprint density at radius 1 is 1.11 bits per heavy atom.